The van der Waals surface area contributed by atoms with Gasteiger partial charge in [0.15, 0.2) is 6.61 Å². The number of benzene rings is 1. The number of imidazole rings is 1. The smallest absolute Gasteiger partial charge is 0.422 e. The Morgan fingerprint density at radius 1 is 1.15 bits per heavy atom. The molecule has 0 aliphatic carbocycles. The van der Waals surface area contributed by atoms with Gasteiger partial charge in [0.05, 0.1) is 5.69 Å². The molecule has 0 radical (unpaired) electrons. The molecule has 2 heterocycles. The molecule has 0 saturated heterocycles. The van der Waals surface area contributed by atoms with E-state index < -0.39 is 12.8 Å². The molecule has 0 bridgehead atoms. The van der Waals surface area contributed by atoms with Crippen molar-refractivity contribution in [2.24, 2.45) is 0 Å². The molecule has 0 fully saturated rings. The molecule has 4 nitrogen and oxygen atoms in total. The molecule has 27 heavy (non-hydrogen) atoms. The third-order valence-corrected chi connectivity index (χ3v) is 5.02. The molecular formula is C19H18F3N3OS. The quantitative estimate of drug-likeness (QED) is 0.576. The largest absolute Gasteiger partial charge is 0.483 e. The summed E-state index contributed by atoms with van der Waals surface area (Å²) >= 11 is 1.55. The van der Waals surface area contributed by atoms with Crippen molar-refractivity contribution < 1.29 is 17.9 Å². The number of nitrogens with zero attached hydrogens (tertiary/aromatic N) is 2. The summed E-state index contributed by atoms with van der Waals surface area (Å²) in [4.78, 5) is 12.8. The SMILES string of the molecule is Cc1cnc(CSc2ccccc2-c2ncc[nH]2)c(C)c1OCC(F)(F)F. The summed E-state index contributed by atoms with van der Waals surface area (Å²) < 4.78 is 42.5. The highest BCUT2D eigenvalue weighted by Crippen LogP contribution is 2.34. The first-order chi connectivity index (χ1) is 12.8. The van der Waals surface area contributed by atoms with Gasteiger partial charge in [0, 0.05) is 45.9 Å². The van der Waals surface area contributed by atoms with Crippen LogP contribution in [0.3, 0.4) is 0 Å². The predicted molar refractivity (Wildman–Crippen MR) is 98.8 cm³/mol. The van der Waals surface area contributed by atoms with E-state index in [1.54, 1.807) is 44.2 Å². The number of aromatic amines is 1. The second-order valence-corrected chi connectivity index (χ2v) is 6.99. The highest BCUT2D eigenvalue weighted by Gasteiger charge is 2.29. The van der Waals surface area contributed by atoms with Crippen molar-refractivity contribution in [2.75, 3.05) is 6.61 Å². The van der Waals surface area contributed by atoms with E-state index in [0.29, 0.717) is 22.6 Å². The number of aryl methyl sites for hydroxylation is 1. The summed E-state index contributed by atoms with van der Waals surface area (Å²) in [5, 5.41) is 0. The van der Waals surface area contributed by atoms with E-state index in [1.165, 1.54) is 0 Å². The summed E-state index contributed by atoms with van der Waals surface area (Å²) in [6.07, 6.45) is 0.617. The van der Waals surface area contributed by atoms with E-state index in [-0.39, 0.29) is 5.75 Å². The molecule has 0 amide bonds. The van der Waals surface area contributed by atoms with Crippen LogP contribution in [0.15, 0.2) is 47.8 Å². The van der Waals surface area contributed by atoms with Gasteiger partial charge >= 0.3 is 6.18 Å². The average molecular weight is 393 g/mol. The molecule has 3 aromatic rings. The van der Waals surface area contributed by atoms with Crippen molar-refractivity contribution in [2.45, 2.75) is 30.7 Å². The third kappa shape index (κ3) is 4.82. The minimum atomic E-state index is -4.38. The molecule has 0 spiro atoms. The topological polar surface area (TPSA) is 50.8 Å². The van der Waals surface area contributed by atoms with Crippen LogP contribution in [0.5, 0.6) is 5.75 Å². The van der Waals surface area contributed by atoms with Crippen LogP contribution >= 0.6 is 11.8 Å². The van der Waals surface area contributed by atoms with Gasteiger partial charge in [-0.25, -0.2) is 4.98 Å². The number of aromatic nitrogens is 3. The van der Waals surface area contributed by atoms with Crippen molar-refractivity contribution in [1.29, 1.82) is 0 Å². The zero-order valence-electron chi connectivity index (χ0n) is 14.8. The maximum atomic E-state index is 12.5. The molecule has 1 N–H and O–H groups in total. The van der Waals surface area contributed by atoms with Crippen LogP contribution in [0, 0.1) is 13.8 Å². The average Bonchev–Trinajstić information content (AvgIpc) is 3.15. The molecule has 3 rings (SSSR count). The van der Waals surface area contributed by atoms with E-state index >= 15 is 0 Å². The number of hydrogen-bond acceptors (Lipinski definition) is 4. The van der Waals surface area contributed by atoms with Crippen LogP contribution in [0.2, 0.25) is 0 Å². The van der Waals surface area contributed by atoms with Gasteiger partial charge in [-0.1, -0.05) is 18.2 Å². The summed E-state index contributed by atoms with van der Waals surface area (Å²) in [6.45, 7) is 2.11. The minimum absolute atomic E-state index is 0.247. The second-order valence-electron chi connectivity index (χ2n) is 5.97. The van der Waals surface area contributed by atoms with Crippen LogP contribution in [-0.2, 0) is 5.75 Å². The lowest BCUT2D eigenvalue weighted by Crippen LogP contribution is -2.20. The first kappa shape index (κ1) is 19.3. The van der Waals surface area contributed by atoms with Gasteiger partial charge in [0.1, 0.15) is 11.6 Å². The highest BCUT2D eigenvalue weighted by molar-refractivity contribution is 7.98. The summed E-state index contributed by atoms with van der Waals surface area (Å²) in [5.74, 6) is 1.52. The Morgan fingerprint density at radius 3 is 2.63 bits per heavy atom. The number of halogens is 3. The monoisotopic (exact) mass is 393 g/mol. The molecule has 0 aliphatic rings. The number of rotatable bonds is 6. The van der Waals surface area contributed by atoms with Crippen molar-refractivity contribution in [1.82, 2.24) is 15.0 Å². The number of pyridine rings is 1. The third-order valence-electron chi connectivity index (χ3n) is 3.93. The van der Waals surface area contributed by atoms with Crippen molar-refractivity contribution in [3.8, 4) is 17.1 Å². The Morgan fingerprint density at radius 2 is 1.93 bits per heavy atom. The standard InChI is InChI=1S/C19H18F3N3OS/c1-12-9-25-15(13(2)17(12)26-11-19(20,21)22)10-27-16-6-4-3-5-14(16)18-23-7-8-24-18/h3-9H,10-11H2,1-2H3,(H,23,24). The Bertz CT molecular complexity index is 911. The number of thioether (sulfide) groups is 1. The van der Waals surface area contributed by atoms with Crippen LogP contribution in [0.4, 0.5) is 13.2 Å². The Balaban J connectivity index is 1.80. The lowest BCUT2D eigenvalue weighted by molar-refractivity contribution is -0.153. The van der Waals surface area contributed by atoms with E-state index in [9.17, 15) is 13.2 Å². The zero-order valence-corrected chi connectivity index (χ0v) is 15.6. The molecule has 0 atom stereocenters. The lowest BCUT2D eigenvalue weighted by Gasteiger charge is -2.16. The van der Waals surface area contributed by atoms with Crippen LogP contribution < -0.4 is 4.74 Å². The van der Waals surface area contributed by atoms with Crippen molar-refractivity contribution in [3.05, 3.63) is 59.7 Å². The van der Waals surface area contributed by atoms with Gasteiger partial charge in [-0.05, 0) is 19.9 Å². The summed E-state index contributed by atoms with van der Waals surface area (Å²) in [7, 11) is 0. The number of hydrogen-bond donors (Lipinski definition) is 1. The van der Waals surface area contributed by atoms with Crippen molar-refractivity contribution >= 4 is 11.8 Å². The first-order valence-corrected chi connectivity index (χ1v) is 9.20. The van der Waals surface area contributed by atoms with E-state index in [1.807, 2.05) is 24.3 Å². The van der Waals surface area contributed by atoms with Crippen LogP contribution in [-0.4, -0.2) is 27.7 Å². The number of nitrogens with one attached hydrogen (secondary N) is 1. The maximum Gasteiger partial charge on any atom is 0.422 e. The normalized spacial score (nSPS) is 11.6. The molecule has 0 unspecified atom stereocenters. The molecule has 0 aliphatic heterocycles. The van der Waals surface area contributed by atoms with Gasteiger partial charge in [0.25, 0.3) is 0 Å². The number of ether oxygens (including phenoxy) is 1. The van der Waals surface area contributed by atoms with E-state index in [4.69, 9.17) is 4.74 Å². The molecule has 2 aromatic heterocycles. The Hall–Kier alpha value is -2.48. The Labute approximate surface area is 159 Å². The molecular weight excluding hydrogens is 375 g/mol. The molecule has 1 aromatic carbocycles. The molecule has 0 saturated carbocycles. The second kappa shape index (κ2) is 8.04. The Kier molecular flexibility index (Phi) is 5.74. The summed E-state index contributed by atoms with van der Waals surface area (Å²) in [5.41, 5.74) is 2.87. The maximum absolute atomic E-state index is 12.5. The lowest BCUT2D eigenvalue weighted by atomic mass is 10.1. The van der Waals surface area contributed by atoms with Crippen LogP contribution in [0.1, 0.15) is 16.8 Å². The fourth-order valence-electron chi connectivity index (χ4n) is 2.63. The van der Waals surface area contributed by atoms with Gasteiger partial charge in [0.2, 0.25) is 0 Å². The molecule has 8 heteroatoms. The first-order valence-electron chi connectivity index (χ1n) is 8.21. The zero-order chi connectivity index (χ0) is 19.4. The number of H-pyrrole nitrogens is 1. The van der Waals surface area contributed by atoms with Gasteiger partial charge in [-0.15, -0.1) is 11.8 Å². The van der Waals surface area contributed by atoms with Crippen LogP contribution in [0.25, 0.3) is 11.4 Å². The van der Waals surface area contributed by atoms with Crippen molar-refractivity contribution in [3.63, 3.8) is 0 Å². The molecule has 142 valence electrons. The highest BCUT2D eigenvalue weighted by atomic mass is 32.2. The van der Waals surface area contributed by atoms with Gasteiger partial charge < -0.3 is 9.72 Å². The van der Waals surface area contributed by atoms with E-state index in [0.717, 1.165) is 16.3 Å². The fourth-order valence-corrected chi connectivity index (χ4v) is 3.70. The fraction of sp³-hybridized carbons (Fsp3) is 0.263. The van der Waals surface area contributed by atoms with Gasteiger partial charge in [-0.3, -0.25) is 4.98 Å². The summed E-state index contributed by atoms with van der Waals surface area (Å²) in [6, 6.07) is 7.81. The number of alkyl halides is 3. The predicted octanol–water partition coefficient (Wildman–Crippen LogP) is 5.32. The van der Waals surface area contributed by atoms with E-state index in [2.05, 4.69) is 15.0 Å². The minimum Gasteiger partial charge on any atom is -0.483 e. The van der Waals surface area contributed by atoms with Gasteiger partial charge in [-0.2, -0.15) is 13.2 Å².